The van der Waals surface area contributed by atoms with Gasteiger partial charge in [-0.1, -0.05) is 124 Å². The van der Waals surface area contributed by atoms with E-state index in [-0.39, 0.29) is 44.4 Å². The summed E-state index contributed by atoms with van der Waals surface area (Å²) >= 11 is 0. The minimum atomic E-state index is -3.89. The van der Waals surface area contributed by atoms with Gasteiger partial charge in [0.25, 0.3) is 0 Å². The highest BCUT2D eigenvalue weighted by molar-refractivity contribution is 7.92. The lowest BCUT2D eigenvalue weighted by molar-refractivity contribution is -0.214. The molecule has 64 heavy (non-hydrogen) atoms. The molecule has 0 radical (unpaired) electrons. The number of hydrogen-bond donors (Lipinski definition) is 1. The topological polar surface area (TPSA) is 91.3 Å². The maximum absolute atomic E-state index is 14.9. The van der Waals surface area contributed by atoms with Crippen LogP contribution in [0.3, 0.4) is 0 Å². The van der Waals surface area contributed by atoms with Crippen molar-refractivity contribution in [1.29, 1.82) is 0 Å². The highest BCUT2D eigenvalue weighted by Gasteiger charge is 2.65. The summed E-state index contributed by atoms with van der Waals surface area (Å²) in [5, 5.41) is 12.0. The van der Waals surface area contributed by atoms with Gasteiger partial charge in [0.2, 0.25) is 0 Å². The molecule has 1 aromatic carbocycles. The number of ether oxygens (including phenoxy) is 2. The summed E-state index contributed by atoms with van der Waals surface area (Å²) in [7, 11) is -8.01. The lowest BCUT2D eigenvalue weighted by Gasteiger charge is -2.46. The van der Waals surface area contributed by atoms with E-state index in [0.717, 1.165) is 95.5 Å². The van der Waals surface area contributed by atoms with Crippen molar-refractivity contribution in [3.63, 3.8) is 0 Å². The molecule has 6 rings (SSSR count). The smallest absolute Gasteiger partial charge is 0.192 e. The molecule has 8 atom stereocenters. The van der Waals surface area contributed by atoms with E-state index in [2.05, 4.69) is 101 Å². The maximum Gasteiger partial charge on any atom is 0.192 e. The van der Waals surface area contributed by atoms with Crippen molar-refractivity contribution in [2.75, 3.05) is 13.2 Å². The van der Waals surface area contributed by atoms with Crippen LogP contribution >= 0.6 is 0 Å². The Morgan fingerprint density at radius 1 is 0.906 bits per heavy atom. The highest BCUT2D eigenvalue weighted by atomic mass is 32.2. The van der Waals surface area contributed by atoms with Crippen molar-refractivity contribution in [3.05, 3.63) is 65.8 Å². The Kier molecular flexibility index (Phi) is 15.9. The molecular formula is C54H90O7SSi2. The third kappa shape index (κ3) is 10.6. The van der Waals surface area contributed by atoms with Crippen molar-refractivity contribution in [2.24, 2.45) is 28.6 Å². The normalized spacial score (nSPS) is 30.4. The summed E-state index contributed by atoms with van der Waals surface area (Å²) in [5.74, 6) is -0.437. The molecule has 0 amide bonds. The van der Waals surface area contributed by atoms with Crippen molar-refractivity contribution < 1.29 is 31.9 Å². The largest absolute Gasteiger partial charge is 0.413 e. The fourth-order valence-electron chi connectivity index (χ4n) is 11.9. The van der Waals surface area contributed by atoms with Gasteiger partial charge in [-0.25, -0.2) is 8.42 Å². The van der Waals surface area contributed by atoms with Crippen molar-refractivity contribution in [1.82, 2.24) is 0 Å². The van der Waals surface area contributed by atoms with Gasteiger partial charge >= 0.3 is 0 Å². The molecule has 4 aliphatic carbocycles. The maximum atomic E-state index is 14.9. The van der Waals surface area contributed by atoms with Crippen molar-refractivity contribution in [2.45, 2.75) is 229 Å². The molecule has 0 spiro atoms. The molecule has 2 unspecified atom stereocenters. The molecule has 10 heteroatoms. The van der Waals surface area contributed by atoms with Gasteiger partial charge < -0.3 is 23.4 Å². The average molecular weight is 940 g/mol. The molecule has 7 nitrogen and oxygen atoms in total. The van der Waals surface area contributed by atoms with Gasteiger partial charge in [0, 0.05) is 18.3 Å². The van der Waals surface area contributed by atoms with Gasteiger partial charge in [-0.15, -0.1) is 0 Å². The summed E-state index contributed by atoms with van der Waals surface area (Å²) in [6.45, 7) is 35.9. The molecule has 0 aromatic heterocycles. The lowest BCUT2D eigenvalue weighted by atomic mass is 9.60. The molecule has 4 saturated carbocycles. The van der Waals surface area contributed by atoms with Crippen LogP contribution in [0.25, 0.3) is 0 Å². The Morgan fingerprint density at radius 3 is 2.12 bits per heavy atom. The van der Waals surface area contributed by atoms with Crippen LogP contribution in [-0.4, -0.2) is 72.7 Å². The second kappa shape index (κ2) is 19.6. The molecule has 1 saturated heterocycles. The predicted octanol–water partition coefficient (Wildman–Crippen LogP) is 13.9. The minimum absolute atomic E-state index is 0.0506. The first-order valence-electron chi connectivity index (χ1n) is 25.4. The number of allylic oxidation sites excluding steroid dienone is 3. The van der Waals surface area contributed by atoms with Crippen LogP contribution in [0.1, 0.15) is 159 Å². The van der Waals surface area contributed by atoms with Crippen LogP contribution in [0.15, 0.2) is 70.7 Å². The van der Waals surface area contributed by atoms with Crippen LogP contribution in [0.4, 0.5) is 0 Å². The zero-order valence-electron chi connectivity index (χ0n) is 42.6. The minimum Gasteiger partial charge on any atom is -0.413 e. The molecule has 362 valence electrons. The zero-order chi connectivity index (χ0) is 47.1. The van der Waals surface area contributed by atoms with Gasteiger partial charge in [-0.05, 0) is 147 Å². The predicted molar refractivity (Wildman–Crippen MR) is 269 cm³/mol. The van der Waals surface area contributed by atoms with Crippen LogP contribution in [-0.2, 0) is 28.2 Å². The first kappa shape index (κ1) is 52.0. The summed E-state index contributed by atoms with van der Waals surface area (Å²) in [5.41, 5.74) is 3.36. The van der Waals surface area contributed by atoms with E-state index in [1.54, 1.807) is 24.3 Å². The number of rotatable bonds is 18. The van der Waals surface area contributed by atoms with E-state index >= 15 is 0 Å². The molecule has 5 fully saturated rings. The van der Waals surface area contributed by atoms with Crippen LogP contribution in [0.5, 0.6) is 0 Å². The average Bonchev–Trinajstić information content (AvgIpc) is 3.69. The van der Waals surface area contributed by atoms with E-state index in [0.29, 0.717) is 25.6 Å². The van der Waals surface area contributed by atoms with E-state index in [1.807, 2.05) is 6.07 Å². The molecule has 1 aliphatic heterocycles. The fraction of sp³-hybridized carbons (Fsp3) is 0.778. The van der Waals surface area contributed by atoms with Crippen molar-refractivity contribution in [3.8, 4) is 0 Å². The molecule has 5 aliphatic rings. The standard InChI is InChI=1S/C54H90O7SSi2/c1-15-16-17-21-31-54(58-34-35-59-54)53(32-33-53)38-48(62(56,57)44-24-19-18-20-25-44)49(55)40(3)45-28-29-46-41(23-22-30-52(45,46)10)26-27-42-36-43(60-63(11,12)50(4,5)6)37-47(39(42)2)61-64(13,14)51(7,8)9/h18-20,24-27,40,43,45-49,55H,2,15-17,21-23,28-38H2,1,3-14H3/t40-,43+,45+,46-,47-,48?,49?,52+/m0/s1. The number of fused-ring (bicyclic) bond motifs is 1. The monoisotopic (exact) mass is 939 g/mol. The van der Waals surface area contributed by atoms with Gasteiger partial charge in [0.15, 0.2) is 32.3 Å². The first-order valence-corrected chi connectivity index (χ1v) is 32.8. The van der Waals surface area contributed by atoms with E-state index in [1.165, 1.54) is 11.1 Å². The Bertz CT molecular complexity index is 1930. The number of aliphatic hydroxyl groups is 1. The number of aliphatic hydroxyl groups excluding tert-OH is 1. The van der Waals surface area contributed by atoms with E-state index in [4.69, 9.17) is 24.9 Å². The molecule has 1 N–H and O–H groups in total. The quantitative estimate of drug-likeness (QED) is 0.116. The van der Waals surface area contributed by atoms with Crippen LogP contribution in [0, 0.1) is 28.6 Å². The zero-order valence-corrected chi connectivity index (χ0v) is 45.4. The highest BCUT2D eigenvalue weighted by Crippen LogP contribution is 2.64. The van der Waals surface area contributed by atoms with Crippen molar-refractivity contribution >= 4 is 26.5 Å². The Labute approximate surface area is 393 Å². The number of unbranched alkanes of at least 4 members (excludes halogenated alkanes) is 3. The second-order valence-electron chi connectivity index (χ2n) is 24.4. The summed E-state index contributed by atoms with van der Waals surface area (Å²) in [6, 6.07) is 8.85. The molecule has 0 bridgehead atoms. The summed E-state index contributed by atoms with van der Waals surface area (Å²) in [4.78, 5) is 0.289. The van der Waals surface area contributed by atoms with Gasteiger partial charge in [0.05, 0.1) is 41.7 Å². The third-order valence-corrected chi connectivity index (χ3v) is 29.4. The summed E-state index contributed by atoms with van der Waals surface area (Å²) < 4.78 is 57.2. The van der Waals surface area contributed by atoms with Crippen LogP contribution < -0.4 is 0 Å². The number of benzene rings is 1. The Balaban J connectivity index is 1.27. The van der Waals surface area contributed by atoms with Crippen LogP contribution in [0.2, 0.25) is 36.3 Å². The first-order chi connectivity index (χ1) is 29.7. The molecule has 1 heterocycles. The Hall–Kier alpha value is -1.38. The second-order valence-corrected chi connectivity index (χ2v) is 36.0. The van der Waals surface area contributed by atoms with Gasteiger partial charge in [-0.2, -0.15) is 0 Å². The fourth-order valence-corrected chi connectivity index (χ4v) is 16.6. The number of hydrogen-bond acceptors (Lipinski definition) is 7. The van der Waals surface area contributed by atoms with Gasteiger partial charge in [0.1, 0.15) is 0 Å². The summed E-state index contributed by atoms with van der Waals surface area (Å²) in [6.07, 6.45) is 17.9. The molecule has 1 aromatic rings. The van der Waals surface area contributed by atoms with E-state index < -0.39 is 49.0 Å². The van der Waals surface area contributed by atoms with Gasteiger partial charge in [-0.3, -0.25) is 0 Å². The molecular weight excluding hydrogens is 849 g/mol. The van der Waals surface area contributed by atoms with E-state index in [9.17, 15) is 13.5 Å². The third-order valence-electron chi connectivity index (χ3n) is 18.2. The Morgan fingerprint density at radius 2 is 1.53 bits per heavy atom. The lowest BCUT2D eigenvalue weighted by Crippen LogP contribution is -2.49. The number of sulfone groups is 1. The SMILES string of the molecule is C=C1C(=CC=C2CCC[C@]3(C)[C@@H]([C@H](C)C(O)C(CC4(C5(CCCCCC)OCCO5)CC4)S(=O)(=O)c4ccccc4)CC[C@@H]23)C[C@@H](O[Si](C)(C)C(C)(C)C)C[C@@H]1O[Si](C)(C)C(C)(C)C.